The van der Waals surface area contributed by atoms with Crippen LogP contribution in [0.2, 0.25) is 0 Å². The van der Waals surface area contributed by atoms with E-state index in [-0.39, 0.29) is 0 Å². The van der Waals surface area contributed by atoms with Crippen molar-refractivity contribution in [3.8, 4) is 0 Å². The third-order valence-electron chi connectivity index (χ3n) is 3.31. The predicted octanol–water partition coefficient (Wildman–Crippen LogP) is 3.08. The molecule has 1 N–H and O–H groups in total. The van der Waals surface area contributed by atoms with Crippen LogP contribution in [0.4, 0.5) is 5.82 Å². The van der Waals surface area contributed by atoms with Crippen molar-refractivity contribution < 1.29 is 5.11 Å². The van der Waals surface area contributed by atoms with Crippen LogP contribution in [0, 0.1) is 6.92 Å². The van der Waals surface area contributed by atoms with Crippen LogP contribution in [0.15, 0.2) is 42.6 Å². The molecule has 0 radical (unpaired) electrons. The zero-order valence-corrected chi connectivity index (χ0v) is 11.7. The Kier molecular flexibility index (Phi) is 4.17. The van der Waals surface area contributed by atoms with Crippen LogP contribution in [0.25, 0.3) is 0 Å². The Bertz CT molecular complexity index is 552. The smallest absolute Gasteiger partial charge is 0.128 e. The summed E-state index contributed by atoms with van der Waals surface area (Å²) in [4.78, 5) is 6.45. The summed E-state index contributed by atoms with van der Waals surface area (Å²) in [5, 5.41) is 9.62. The summed E-state index contributed by atoms with van der Waals surface area (Å²) in [6, 6.07) is 12.1. The van der Waals surface area contributed by atoms with Crippen molar-refractivity contribution in [3.63, 3.8) is 0 Å². The summed E-state index contributed by atoms with van der Waals surface area (Å²) in [6.07, 6.45) is 1.28. The minimum atomic E-state index is -0.464. The molecule has 3 nitrogen and oxygen atoms in total. The monoisotopic (exact) mass is 256 g/mol. The highest BCUT2D eigenvalue weighted by Crippen LogP contribution is 2.19. The molecule has 1 unspecified atom stereocenters. The molecule has 0 spiro atoms. The molecule has 1 atom stereocenters. The second-order valence-corrected chi connectivity index (χ2v) is 4.91. The number of aromatic nitrogens is 1. The van der Waals surface area contributed by atoms with Gasteiger partial charge in [-0.2, -0.15) is 0 Å². The van der Waals surface area contributed by atoms with Gasteiger partial charge < -0.3 is 10.0 Å². The van der Waals surface area contributed by atoms with Crippen LogP contribution in [0.1, 0.15) is 29.7 Å². The molecule has 0 aliphatic heterocycles. The molecule has 2 aromatic rings. The molecule has 0 aliphatic rings. The van der Waals surface area contributed by atoms with Gasteiger partial charge in [-0.05, 0) is 42.7 Å². The Labute approximate surface area is 114 Å². The van der Waals surface area contributed by atoms with E-state index in [0.717, 1.165) is 17.9 Å². The molecule has 0 bridgehead atoms. The molecule has 0 amide bonds. The normalized spacial score (nSPS) is 12.2. The van der Waals surface area contributed by atoms with Crippen molar-refractivity contribution in [3.05, 3.63) is 59.3 Å². The zero-order chi connectivity index (χ0) is 13.8. The zero-order valence-electron chi connectivity index (χ0n) is 11.7. The molecule has 1 aromatic carbocycles. The van der Waals surface area contributed by atoms with Crippen molar-refractivity contribution in [2.75, 3.05) is 11.9 Å². The Morgan fingerprint density at radius 2 is 2.00 bits per heavy atom. The maximum atomic E-state index is 9.62. The van der Waals surface area contributed by atoms with Gasteiger partial charge in [0.25, 0.3) is 0 Å². The number of rotatable bonds is 4. The molecule has 1 aromatic heterocycles. The minimum absolute atomic E-state index is 0.464. The average Bonchev–Trinajstić information content (AvgIpc) is 2.41. The molecular formula is C16H20N2O. The fourth-order valence-corrected chi connectivity index (χ4v) is 2.03. The average molecular weight is 256 g/mol. The summed E-state index contributed by atoms with van der Waals surface area (Å²) in [7, 11) is 2.01. The van der Waals surface area contributed by atoms with Gasteiger partial charge in [0.05, 0.1) is 6.10 Å². The summed E-state index contributed by atoms with van der Waals surface area (Å²) < 4.78 is 0. The van der Waals surface area contributed by atoms with E-state index >= 15 is 0 Å². The van der Waals surface area contributed by atoms with E-state index in [1.54, 1.807) is 13.1 Å². The first-order valence-corrected chi connectivity index (χ1v) is 6.47. The number of benzene rings is 1. The fraction of sp³-hybridized carbons (Fsp3) is 0.312. The molecular weight excluding hydrogens is 236 g/mol. The molecule has 0 aliphatic carbocycles. The number of hydrogen-bond acceptors (Lipinski definition) is 3. The van der Waals surface area contributed by atoms with Crippen molar-refractivity contribution in [2.24, 2.45) is 0 Å². The highest BCUT2D eigenvalue weighted by Gasteiger charge is 2.08. The summed E-state index contributed by atoms with van der Waals surface area (Å²) in [5.74, 6) is 0.877. The van der Waals surface area contributed by atoms with Crippen LogP contribution in [0.5, 0.6) is 0 Å². The Morgan fingerprint density at radius 3 is 2.68 bits per heavy atom. The summed E-state index contributed by atoms with van der Waals surface area (Å²) in [6.45, 7) is 4.69. The molecule has 3 heteroatoms. The van der Waals surface area contributed by atoms with Gasteiger partial charge in [0.15, 0.2) is 0 Å². The molecule has 100 valence electrons. The van der Waals surface area contributed by atoms with Gasteiger partial charge in [0, 0.05) is 19.8 Å². The van der Waals surface area contributed by atoms with Gasteiger partial charge in [-0.25, -0.2) is 4.98 Å². The Morgan fingerprint density at radius 1 is 1.26 bits per heavy atom. The largest absolute Gasteiger partial charge is 0.389 e. The second kappa shape index (κ2) is 5.85. The first-order valence-electron chi connectivity index (χ1n) is 6.47. The van der Waals surface area contributed by atoms with Crippen LogP contribution in [-0.2, 0) is 6.54 Å². The van der Waals surface area contributed by atoms with Crippen LogP contribution in [0.3, 0.4) is 0 Å². The number of aliphatic hydroxyl groups is 1. The number of aryl methyl sites for hydroxylation is 1. The van der Waals surface area contributed by atoms with Crippen LogP contribution in [-0.4, -0.2) is 17.1 Å². The van der Waals surface area contributed by atoms with Gasteiger partial charge in [-0.3, -0.25) is 0 Å². The number of anilines is 1. The molecule has 0 saturated heterocycles. The lowest BCUT2D eigenvalue weighted by molar-refractivity contribution is 0.199. The number of pyridine rings is 1. The standard InChI is InChI=1S/C16H20N2O/c1-12-6-4-5-7-15(12)11-18(3)16-10-14(13(2)19)8-9-17-16/h4-10,13,19H,11H2,1-3H3. The number of hydrogen-bond donors (Lipinski definition) is 1. The van der Waals surface area contributed by atoms with E-state index in [9.17, 15) is 5.11 Å². The van der Waals surface area contributed by atoms with Crippen LogP contribution >= 0.6 is 0 Å². The Hall–Kier alpha value is -1.87. The van der Waals surface area contributed by atoms with E-state index < -0.39 is 6.10 Å². The molecule has 1 heterocycles. The van der Waals surface area contributed by atoms with Gasteiger partial charge in [-0.15, -0.1) is 0 Å². The fourth-order valence-electron chi connectivity index (χ4n) is 2.03. The summed E-state index contributed by atoms with van der Waals surface area (Å²) >= 11 is 0. The van der Waals surface area contributed by atoms with Crippen molar-refractivity contribution in [1.82, 2.24) is 4.98 Å². The van der Waals surface area contributed by atoms with Gasteiger partial charge in [0.2, 0.25) is 0 Å². The number of nitrogens with zero attached hydrogens (tertiary/aromatic N) is 2. The topological polar surface area (TPSA) is 36.4 Å². The quantitative estimate of drug-likeness (QED) is 0.913. The van der Waals surface area contributed by atoms with Crippen molar-refractivity contribution in [1.29, 1.82) is 0 Å². The third kappa shape index (κ3) is 3.32. The minimum Gasteiger partial charge on any atom is -0.389 e. The van der Waals surface area contributed by atoms with E-state index in [0.29, 0.717) is 0 Å². The lowest BCUT2D eigenvalue weighted by atomic mass is 10.1. The lowest BCUT2D eigenvalue weighted by Crippen LogP contribution is -2.18. The highest BCUT2D eigenvalue weighted by atomic mass is 16.3. The van der Waals surface area contributed by atoms with Gasteiger partial charge in [0.1, 0.15) is 5.82 Å². The predicted molar refractivity (Wildman–Crippen MR) is 78.2 cm³/mol. The van der Waals surface area contributed by atoms with E-state index in [2.05, 4.69) is 35.0 Å². The SMILES string of the molecule is Cc1ccccc1CN(C)c1cc(C(C)O)ccn1. The van der Waals surface area contributed by atoms with Crippen LogP contribution < -0.4 is 4.90 Å². The van der Waals surface area contributed by atoms with E-state index in [1.807, 2.05) is 25.2 Å². The van der Waals surface area contributed by atoms with Gasteiger partial charge in [-0.1, -0.05) is 24.3 Å². The molecule has 0 fully saturated rings. The molecule has 0 saturated carbocycles. The maximum Gasteiger partial charge on any atom is 0.128 e. The van der Waals surface area contributed by atoms with Gasteiger partial charge >= 0.3 is 0 Å². The Balaban J connectivity index is 2.18. The molecule has 19 heavy (non-hydrogen) atoms. The second-order valence-electron chi connectivity index (χ2n) is 4.91. The molecule has 2 rings (SSSR count). The van der Waals surface area contributed by atoms with E-state index in [1.165, 1.54) is 11.1 Å². The van der Waals surface area contributed by atoms with E-state index in [4.69, 9.17) is 0 Å². The maximum absolute atomic E-state index is 9.62. The van der Waals surface area contributed by atoms with Crippen molar-refractivity contribution >= 4 is 5.82 Å². The first-order chi connectivity index (χ1) is 9.08. The number of aliphatic hydroxyl groups excluding tert-OH is 1. The highest BCUT2D eigenvalue weighted by molar-refractivity contribution is 5.42. The van der Waals surface area contributed by atoms with Crippen molar-refractivity contribution in [2.45, 2.75) is 26.5 Å². The third-order valence-corrected chi connectivity index (χ3v) is 3.31. The summed E-state index contributed by atoms with van der Waals surface area (Å²) in [5.41, 5.74) is 3.46. The first kappa shape index (κ1) is 13.6. The lowest BCUT2D eigenvalue weighted by Gasteiger charge is -2.20.